The van der Waals surface area contributed by atoms with Gasteiger partial charge in [0.15, 0.2) is 6.04 Å². The van der Waals surface area contributed by atoms with Crippen molar-refractivity contribution in [2.45, 2.75) is 13.0 Å². The van der Waals surface area contributed by atoms with E-state index >= 15 is 0 Å². The molecule has 6 nitrogen and oxygen atoms in total. The number of anilines is 1. The van der Waals surface area contributed by atoms with E-state index in [1.807, 2.05) is 0 Å². The van der Waals surface area contributed by atoms with Gasteiger partial charge in [0.1, 0.15) is 0 Å². The van der Waals surface area contributed by atoms with Crippen molar-refractivity contribution in [2.75, 3.05) is 12.4 Å². The summed E-state index contributed by atoms with van der Waals surface area (Å²) in [5.74, 6) is -0.635. The SMILES string of the molecule is COc1c(C(Nc2ccccc2Cl)C(=O)O)c(C)nn1C. The van der Waals surface area contributed by atoms with Gasteiger partial charge in [0.25, 0.3) is 0 Å². The van der Waals surface area contributed by atoms with Crippen molar-refractivity contribution in [3.8, 4) is 5.88 Å². The number of nitrogens with one attached hydrogen (secondary N) is 1. The molecule has 0 aliphatic heterocycles. The number of nitrogens with zero attached hydrogens (tertiary/aromatic N) is 2. The second kappa shape index (κ2) is 6.05. The molecule has 2 N–H and O–H groups in total. The highest BCUT2D eigenvalue weighted by atomic mass is 35.5. The molecule has 1 heterocycles. The second-order valence-electron chi connectivity index (χ2n) is 4.53. The monoisotopic (exact) mass is 309 g/mol. The fourth-order valence-electron chi connectivity index (χ4n) is 2.22. The molecule has 112 valence electrons. The Bertz CT molecular complexity index is 669. The number of carbonyl (C=O) groups is 1. The summed E-state index contributed by atoms with van der Waals surface area (Å²) in [7, 11) is 3.18. The molecule has 0 saturated carbocycles. The number of methoxy groups -OCH3 is 1. The Morgan fingerprint density at radius 3 is 2.71 bits per heavy atom. The molecule has 21 heavy (non-hydrogen) atoms. The van der Waals surface area contributed by atoms with Gasteiger partial charge in [0.05, 0.1) is 29.1 Å². The molecule has 0 saturated heterocycles. The van der Waals surface area contributed by atoms with Crippen molar-refractivity contribution in [1.29, 1.82) is 0 Å². The van der Waals surface area contributed by atoms with Crippen LogP contribution in [-0.4, -0.2) is 28.0 Å². The molecule has 2 rings (SSSR count). The molecule has 1 aromatic carbocycles. The normalized spacial score (nSPS) is 12.0. The van der Waals surface area contributed by atoms with E-state index in [1.165, 1.54) is 11.8 Å². The van der Waals surface area contributed by atoms with Crippen LogP contribution in [0.3, 0.4) is 0 Å². The van der Waals surface area contributed by atoms with Gasteiger partial charge in [0, 0.05) is 7.05 Å². The van der Waals surface area contributed by atoms with Crippen LogP contribution in [-0.2, 0) is 11.8 Å². The summed E-state index contributed by atoms with van der Waals surface area (Å²) in [5, 5.41) is 17.1. The first-order valence-corrected chi connectivity index (χ1v) is 6.64. The lowest BCUT2D eigenvalue weighted by Gasteiger charge is -2.17. The second-order valence-corrected chi connectivity index (χ2v) is 4.93. The van der Waals surface area contributed by atoms with Crippen molar-refractivity contribution in [2.24, 2.45) is 7.05 Å². The lowest BCUT2D eigenvalue weighted by molar-refractivity contribution is -0.138. The number of halogens is 1. The van der Waals surface area contributed by atoms with Crippen molar-refractivity contribution >= 4 is 23.3 Å². The van der Waals surface area contributed by atoms with Crippen molar-refractivity contribution in [1.82, 2.24) is 9.78 Å². The van der Waals surface area contributed by atoms with Gasteiger partial charge < -0.3 is 15.2 Å². The smallest absolute Gasteiger partial charge is 0.331 e. The molecule has 1 unspecified atom stereocenters. The van der Waals surface area contributed by atoms with Crippen LogP contribution in [0, 0.1) is 6.92 Å². The predicted molar refractivity (Wildman–Crippen MR) is 79.9 cm³/mol. The minimum atomic E-state index is -1.04. The number of carboxylic acids is 1. The zero-order valence-electron chi connectivity index (χ0n) is 11.9. The lowest BCUT2D eigenvalue weighted by Crippen LogP contribution is -2.21. The Hall–Kier alpha value is -2.21. The summed E-state index contributed by atoms with van der Waals surface area (Å²) < 4.78 is 6.77. The molecule has 0 radical (unpaired) electrons. The third-order valence-electron chi connectivity index (χ3n) is 3.12. The van der Waals surface area contributed by atoms with Gasteiger partial charge in [-0.2, -0.15) is 5.10 Å². The van der Waals surface area contributed by atoms with Crippen molar-refractivity contribution in [3.05, 3.63) is 40.5 Å². The van der Waals surface area contributed by atoms with E-state index in [9.17, 15) is 9.90 Å². The first-order valence-electron chi connectivity index (χ1n) is 6.27. The number of hydrogen-bond donors (Lipinski definition) is 2. The Balaban J connectivity index is 2.46. The van der Waals surface area contributed by atoms with E-state index in [1.54, 1.807) is 38.2 Å². The third-order valence-corrected chi connectivity index (χ3v) is 3.45. The summed E-state index contributed by atoms with van der Waals surface area (Å²) in [4.78, 5) is 11.6. The van der Waals surface area contributed by atoms with Crippen LogP contribution in [0.15, 0.2) is 24.3 Å². The number of aryl methyl sites for hydroxylation is 2. The Labute approximate surface area is 127 Å². The Kier molecular flexibility index (Phi) is 4.37. The molecule has 0 bridgehead atoms. The molecule has 0 amide bonds. The van der Waals surface area contributed by atoms with E-state index in [0.29, 0.717) is 27.8 Å². The largest absolute Gasteiger partial charge is 0.481 e. The molecular formula is C14H16ClN3O3. The summed E-state index contributed by atoms with van der Waals surface area (Å²) in [6, 6.07) is 5.96. The van der Waals surface area contributed by atoms with Gasteiger partial charge in [0.2, 0.25) is 5.88 Å². The summed E-state index contributed by atoms with van der Waals surface area (Å²) in [5.41, 5.74) is 1.60. The van der Waals surface area contributed by atoms with Gasteiger partial charge in [-0.05, 0) is 19.1 Å². The van der Waals surface area contributed by atoms with Crippen molar-refractivity contribution < 1.29 is 14.6 Å². The lowest BCUT2D eigenvalue weighted by atomic mass is 10.1. The van der Waals surface area contributed by atoms with Crippen LogP contribution in [0.5, 0.6) is 5.88 Å². The number of aromatic nitrogens is 2. The van der Waals surface area contributed by atoms with E-state index in [2.05, 4.69) is 10.4 Å². The van der Waals surface area contributed by atoms with Crippen LogP contribution < -0.4 is 10.1 Å². The number of carboxylic acid groups (broad SMARTS) is 1. The van der Waals surface area contributed by atoms with Crippen LogP contribution in [0.2, 0.25) is 5.02 Å². The fraction of sp³-hybridized carbons (Fsp3) is 0.286. The average molecular weight is 310 g/mol. The predicted octanol–water partition coefficient (Wildman–Crippen LogP) is 2.63. The maximum atomic E-state index is 11.6. The zero-order valence-corrected chi connectivity index (χ0v) is 12.7. The van der Waals surface area contributed by atoms with Gasteiger partial charge in [-0.1, -0.05) is 23.7 Å². The number of aliphatic carboxylic acids is 1. The standard InChI is InChI=1S/C14H16ClN3O3/c1-8-11(13(21-3)18(2)17-8)12(14(19)20)16-10-7-5-4-6-9(10)15/h4-7,12,16H,1-3H3,(H,19,20). The summed E-state index contributed by atoms with van der Waals surface area (Å²) >= 11 is 6.07. The van der Waals surface area contributed by atoms with Crippen molar-refractivity contribution in [3.63, 3.8) is 0 Å². The Morgan fingerprint density at radius 2 is 2.14 bits per heavy atom. The molecule has 0 fully saturated rings. The topological polar surface area (TPSA) is 76.4 Å². The Morgan fingerprint density at radius 1 is 1.48 bits per heavy atom. The number of hydrogen-bond acceptors (Lipinski definition) is 4. The molecule has 1 aromatic heterocycles. The number of rotatable bonds is 5. The minimum Gasteiger partial charge on any atom is -0.481 e. The molecule has 7 heteroatoms. The maximum absolute atomic E-state index is 11.6. The number of benzene rings is 1. The molecule has 0 spiro atoms. The minimum absolute atomic E-state index is 0.402. The first-order chi connectivity index (χ1) is 9.95. The van der Waals surface area contributed by atoms with E-state index in [-0.39, 0.29) is 0 Å². The maximum Gasteiger partial charge on any atom is 0.331 e. The average Bonchev–Trinajstić information content (AvgIpc) is 2.71. The van der Waals surface area contributed by atoms with Crippen LogP contribution >= 0.6 is 11.6 Å². The molecular weight excluding hydrogens is 294 g/mol. The van der Waals surface area contributed by atoms with Gasteiger partial charge in [-0.25, -0.2) is 9.48 Å². The number of para-hydroxylation sites is 1. The summed E-state index contributed by atoms with van der Waals surface area (Å²) in [6.45, 7) is 1.74. The van der Waals surface area contributed by atoms with E-state index in [0.717, 1.165) is 0 Å². The van der Waals surface area contributed by atoms with Crippen LogP contribution in [0.4, 0.5) is 5.69 Å². The third kappa shape index (κ3) is 2.95. The van der Waals surface area contributed by atoms with Crippen LogP contribution in [0.1, 0.15) is 17.3 Å². The highest BCUT2D eigenvalue weighted by Crippen LogP contribution is 2.32. The van der Waals surface area contributed by atoms with Gasteiger partial charge in [-0.15, -0.1) is 0 Å². The quantitative estimate of drug-likeness (QED) is 0.888. The highest BCUT2D eigenvalue weighted by Gasteiger charge is 2.29. The molecule has 2 aromatic rings. The highest BCUT2D eigenvalue weighted by molar-refractivity contribution is 6.33. The fourth-order valence-corrected chi connectivity index (χ4v) is 2.41. The zero-order chi connectivity index (χ0) is 15.6. The molecule has 0 aliphatic rings. The summed E-state index contributed by atoms with van der Waals surface area (Å²) in [6.07, 6.45) is 0. The number of ether oxygens (including phenoxy) is 1. The van der Waals surface area contributed by atoms with Gasteiger partial charge >= 0.3 is 5.97 Å². The van der Waals surface area contributed by atoms with Gasteiger partial charge in [-0.3, -0.25) is 0 Å². The first kappa shape index (κ1) is 15.2. The molecule has 0 aliphatic carbocycles. The van der Waals surface area contributed by atoms with E-state index < -0.39 is 12.0 Å². The molecule has 1 atom stereocenters. The van der Waals surface area contributed by atoms with E-state index in [4.69, 9.17) is 16.3 Å². The van der Waals surface area contributed by atoms with Crippen LogP contribution in [0.25, 0.3) is 0 Å².